The number of aromatic nitrogens is 1. The van der Waals surface area contributed by atoms with Crippen LogP contribution >= 0.6 is 19.6 Å². The maximum absolute atomic E-state index is 10.7. The van der Waals surface area contributed by atoms with Crippen LogP contribution in [0, 0.1) is 0 Å². The number of hydrogen-bond acceptors (Lipinski definition) is 4. The molecule has 0 atom stereocenters. The molecular weight excluding hydrogens is 313 g/mol. The average molecular weight is 328 g/mol. The second kappa shape index (κ2) is 6.95. The molecule has 0 saturated heterocycles. The molecule has 1 aromatic carbocycles. The summed E-state index contributed by atoms with van der Waals surface area (Å²) in [4.78, 5) is 22.6. The van der Waals surface area contributed by atoms with Gasteiger partial charge in [-0.05, 0) is 35.5 Å². The minimum absolute atomic E-state index is 0.142. The molecular formula is C13H15NO5PS+. The summed E-state index contributed by atoms with van der Waals surface area (Å²) < 4.78 is 16.9. The lowest BCUT2D eigenvalue weighted by molar-refractivity contribution is -0.913. The third kappa shape index (κ3) is 5.06. The monoisotopic (exact) mass is 328 g/mol. The fourth-order valence-corrected chi connectivity index (χ4v) is 2.96. The summed E-state index contributed by atoms with van der Waals surface area (Å²) in [5, 5.41) is 0.954. The lowest BCUT2D eigenvalue weighted by Crippen LogP contribution is -2.42. The van der Waals surface area contributed by atoms with E-state index in [-0.39, 0.29) is 5.75 Å². The van der Waals surface area contributed by atoms with E-state index in [0.29, 0.717) is 5.75 Å². The second-order valence-corrected chi connectivity index (χ2v) is 6.22. The normalized spacial score (nSPS) is 11.2. The van der Waals surface area contributed by atoms with Gasteiger partial charge in [-0.2, -0.15) is 0 Å². The summed E-state index contributed by atoms with van der Waals surface area (Å²) >= 11 is 1.59. The van der Waals surface area contributed by atoms with E-state index in [1.165, 1.54) is 12.1 Å². The molecule has 0 saturated carbocycles. The Morgan fingerprint density at radius 2 is 1.90 bits per heavy atom. The van der Waals surface area contributed by atoms with E-state index >= 15 is 0 Å². The number of phosphoric acid groups is 1. The van der Waals surface area contributed by atoms with Crippen molar-refractivity contribution in [3.8, 4) is 5.75 Å². The number of pyridine rings is 1. The number of thioether (sulfide) groups is 1. The third-order valence-electron chi connectivity index (χ3n) is 2.52. The first kappa shape index (κ1) is 15.9. The summed E-state index contributed by atoms with van der Waals surface area (Å²) in [7, 11) is -2.91. The first-order chi connectivity index (χ1) is 9.98. The van der Waals surface area contributed by atoms with Crippen LogP contribution in [-0.4, -0.2) is 16.9 Å². The number of hydrogen-bond donors (Lipinski definition) is 2. The minimum Gasteiger partial charge on any atom is -0.404 e. The van der Waals surface area contributed by atoms with Gasteiger partial charge in [-0.15, -0.1) is 0 Å². The van der Waals surface area contributed by atoms with E-state index in [2.05, 4.69) is 4.52 Å². The fourth-order valence-electron chi connectivity index (χ4n) is 1.62. The van der Waals surface area contributed by atoms with Gasteiger partial charge in [-0.3, -0.25) is 14.6 Å². The number of phosphoric ester groups is 1. The van der Waals surface area contributed by atoms with Crippen molar-refractivity contribution in [3.63, 3.8) is 0 Å². The number of rotatable bonds is 6. The molecule has 2 rings (SSSR count). The van der Waals surface area contributed by atoms with Crippen LogP contribution in [0.15, 0.2) is 53.7 Å². The van der Waals surface area contributed by atoms with Gasteiger partial charge < -0.3 is 4.52 Å². The highest BCUT2D eigenvalue weighted by molar-refractivity contribution is 7.98. The highest BCUT2D eigenvalue weighted by Crippen LogP contribution is 2.37. The molecule has 0 unspecified atom stereocenters. The second-order valence-electron chi connectivity index (χ2n) is 4.06. The van der Waals surface area contributed by atoms with Gasteiger partial charge in [-0.1, -0.05) is 12.1 Å². The molecule has 2 aromatic rings. The van der Waals surface area contributed by atoms with Crippen molar-refractivity contribution in [2.24, 2.45) is 0 Å². The molecule has 6 nitrogen and oxygen atoms in total. The zero-order valence-electron chi connectivity index (χ0n) is 11.2. The van der Waals surface area contributed by atoms with Gasteiger partial charge in [0.2, 0.25) is 6.20 Å². The lowest BCUT2D eigenvalue weighted by atomic mass is 10.2. The van der Waals surface area contributed by atoms with E-state index < -0.39 is 7.82 Å². The van der Waals surface area contributed by atoms with Gasteiger partial charge in [0.25, 0.3) is 5.03 Å². The smallest absolute Gasteiger partial charge is 0.404 e. The Balaban J connectivity index is 1.99. The minimum atomic E-state index is -4.50. The van der Waals surface area contributed by atoms with Crippen molar-refractivity contribution in [3.05, 3.63) is 54.2 Å². The predicted molar refractivity (Wildman–Crippen MR) is 77.8 cm³/mol. The number of nitrogens with zero attached hydrogens (tertiary/aromatic N) is 1. The zero-order chi connectivity index (χ0) is 15.3. The van der Waals surface area contributed by atoms with Crippen molar-refractivity contribution in [1.29, 1.82) is 0 Å². The van der Waals surface area contributed by atoms with Gasteiger partial charge in [0.1, 0.15) is 12.9 Å². The van der Waals surface area contributed by atoms with Gasteiger partial charge >= 0.3 is 7.82 Å². The van der Waals surface area contributed by atoms with Gasteiger partial charge in [0.15, 0.2) is 0 Å². The zero-order valence-corrected chi connectivity index (χ0v) is 13.0. The molecule has 0 aliphatic rings. The Morgan fingerprint density at radius 1 is 1.19 bits per heavy atom. The SMILES string of the molecule is CO[n+]1ccccc1SCc1ccc(OP(=O)(O)O)cc1. The summed E-state index contributed by atoms with van der Waals surface area (Å²) in [6.07, 6.45) is 1.82. The predicted octanol–water partition coefficient (Wildman–Crippen LogP) is 1.80. The highest BCUT2D eigenvalue weighted by atomic mass is 32.2. The van der Waals surface area contributed by atoms with Crippen molar-refractivity contribution in [1.82, 2.24) is 0 Å². The molecule has 112 valence electrons. The summed E-state index contributed by atoms with van der Waals surface area (Å²) in [6, 6.07) is 12.3. The largest absolute Gasteiger partial charge is 0.524 e. The Hall–Kier alpha value is -1.53. The quantitative estimate of drug-likeness (QED) is 0.478. The van der Waals surface area contributed by atoms with Crippen LogP contribution in [0.1, 0.15) is 5.56 Å². The van der Waals surface area contributed by atoms with Crippen LogP contribution in [0.2, 0.25) is 0 Å². The molecule has 2 N–H and O–H groups in total. The standard InChI is InChI=1S/C13H14NO5PS/c1-18-14-9-3-2-4-13(14)21-10-11-5-7-12(8-6-11)19-20(15,16)17/h2-9H,10H2,1H3,(H-,15,16,17)/p+1. The van der Waals surface area contributed by atoms with E-state index in [0.717, 1.165) is 10.6 Å². The molecule has 0 spiro atoms. The van der Waals surface area contributed by atoms with Crippen molar-refractivity contribution >= 4 is 19.6 Å². The van der Waals surface area contributed by atoms with Crippen LogP contribution < -0.4 is 14.1 Å². The summed E-state index contributed by atoms with van der Waals surface area (Å²) in [5.74, 6) is 0.840. The Kier molecular flexibility index (Phi) is 5.25. The maximum Gasteiger partial charge on any atom is 0.524 e. The molecule has 21 heavy (non-hydrogen) atoms. The highest BCUT2D eigenvalue weighted by Gasteiger charge is 2.15. The average Bonchev–Trinajstić information content (AvgIpc) is 2.45. The molecule has 0 fully saturated rings. The molecule has 8 heteroatoms. The van der Waals surface area contributed by atoms with Crippen molar-refractivity contribution in [2.75, 3.05) is 7.11 Å². The van der Waals surface area contributed by atoms with Crippen LogP contribution in [0.5, 0.6) is 5.75 Å². The van der Waals surface area contributed by atoms with Gasteiger partial charge in [0, 0.05) is 22.6 Å². The van der Waals surface area contributed by atoms with E-state index in [1.807, 2.05) is 24.4 Å². The third-order valence-corrected chi connectivity index (χ3v) is 4.06. The first-order valence-electron chi connectivity index (χ1n) is 6.00. The maximum atomic E-state index is 10.7. The molecule has 0 bridgehead atoms. The van der Waals surface area contributed by atoms with Gasteiger partial charge in [-0.25, -0.2) is 4.57 Å². The Morgan fingerprint density at radius 3 is 2.52 bits per heavy atom. The van der Waals surface area contributed by atoms with Crippen molar-refractivity contribution < 1.29 is 28.4 Å². The summed E-state index contributed by atoms with van der Waals surface area (Å²) in [6.45, 7) is 0. The van der Waals surface area contributed by atoms with E-state index in [4.69, 9.17) is 14.6 Å². The fraction of sp³-hybridized carbons (Fsp3) is 0.154. The molecule has 0 aliphatic carbocycles. The molecule has 0 aliphatic heterocycles. The molecule has 0 amide bonds. The lowest BCUT2D eigenvalue weighted by Gasteiger charge is -2.07. The van der Waals surface area contributed by atoms with Crippen LogP contribution in [0.25, 0.3) is 0 Å². The van der Waals surface area contributed by atoms with Crippen LogP contribution in [0.3, 0.4) is 0 Å². The van der Waals surface area contributed by atoms with E-state index in [9.17, 15) is 4.57 Å². The topological polar surface area (TPSA) is 79.9 Å². The van der Waals surface area contributed by atoms with E-state index in [1.54, 1.807) is 35.7 Å². The Bertz CT molecular complexity index is 643. The Labute approximate surface area is 126 Å². The van der Waals surface area contributed by atoms with Crippen LogP contribution in [0.4, 0.5) is 0 Å². The van der Waals surface area contributed by atoms with Gasteiger partial charge in [0.05, 0.1) is 0 Å². The van der Waals surface area contributed by atoms with Crippen LogP contribution in [-0.2, 0) is 10.3 Å². The molecule has 1 heterocycles. The molecule has 1 aromatic heterocycles. The summed E-state index contributed by atoms with van der Waals surface area (Å²) in [5.41, 5.74) is 1.00. The molecule has 0 radical (unpaired) electrons. The first-order valence-corrected chi connectivity index (χ1v) is 8.51. The number of benzene rings is 1. The van der Waals surface area contributed by atoms with Crippen molar-refractivity contribution in [2.45, 2.75) is 10.8 Å².